The molecule has 1 aliphatic rings. The zero-order valence-corrected chi connectivity index (χ0v) is 11.2. The highest BCUT2D eigenvalue weighted by atomic mass is 15.1. The van der Waals surface area contributed by atoms with Crippen LogP contribution in [-0.2, 0) is 0 Å². The lowest BCUT2D eigenvalue weighted by Crippen LogP contribution is -2.32. The molecule has 94 valence electrons. The number of aryl methyl sites for hydroxylation is 2. The van der Waals surface area contributed by atoms with Crippen molar-refractivity contribution in [2.75, 3.05) is 20.1 Å². The van der Waals surface area contributed by atoms with Crippen LogP contribution in [0.15, 0.2) is 18.2 Å². The zero-order chi connectivity index (χ0) is 12.4. The van der Waals surface area contributed by atoms with Crippen LogP contribution in [0.4, 0.5) is 0 Å². The van der Waals surface area contributed by atoms with Gasteiger partial charge in [0, 0.05) is 19.1 Å². The van der Waals surface area contributed by atoms with Crippen LogP contribution < -0.4 is 5.73 Å². The van der Waals surface area contributed by atoms with E-state index in [1.807, 2.05) is 0 Å². The molecule has 0 spiro atoms. The highest BCUT2D eigenvalue weighted by Gasteiger charge is 2.26. The summed E-state index contributed by atoms with van der Waals surface area (Å²) in [6.45, 7) is 6.22. The van der Waals surface area contributed by atoms with Gasteiger partial charge in [-0.05, 0) is 50.8 Å². The number of hydrogen-bond acceptors (Lipinski definition) is 2. The van der Waals surface area contributed by atoms with Crippen LogP contribution >= 0.6 is 0 Å². The Labute approximate surface area is 105 Å². The van der Waals surface area contributed by atoms with E-state index in [0.29, 0.717) is 12.6 Å². The van der Waals surface area contributed by atoms with Crippen molar-refractivity contribution >= 4 is 0 Å². The molecule has 1 unspecified atom stereocenters. The van der Waals surface area contributed by atoms with Crippen molar-refractivity contribution in [3.8, 4) is 0 Å². The Kier molecular flexibility index (Phi) is 3.85. The third-order valence-electron chi connectivity index (χ3n) is 3.78. The fraction of sp³-hybridized carbons (Fsp3) is 0.600. The second-order valence-corrected chi connectivity index (χ2v) is 5.49. The molecule has 1 aromatic rings. The molecule has 1 atom stereocenters. The van der Waals surface area contributed by atoms with Crippen LogP contribution in [0.1, 0.15) is 35.6 Å². The SMILES string of the molecule is Cc1ccc(C(CN)N(C)CC2CC2)c(C)c1. The number of nitrogens with zero attached hydrogens (tertiary/aromatic N) is 1. The third-order valence-corrected chi connectivity index (χ3v) is 3.78. The fourth-order valence-electron chi connectivity index (χ4n) is 2.58. The van der Waals surface area contributed by atoms with Crippen LogP contribution in [0.25, 0.3) is 0 Å². The molecule has 2 rings (SSSR count). The molecule has 0 bridgehead atoms. The summed E-state index contributed by atoms with van der Waals surface area (Å²) >= 11 is 0. The minimum absolute atomic E-state index is 0.371. The number of benzene rings is 1. The molecule has 17 heavy (non-hydrogen) atoms. The molecule has 1 aromatic carbocycles. The summed E-state index contributed by atoms with van der Waals surface area (Å²) in [5, 5.41) is 0. The van der Waals surface area contributed by atoms with Crippen molar-refractivity contribution < 1.29 is 0 Å². The van der Waals surface area contributed by atoms with E-state index in [0.717, 1.165) is 5.92 Å². The standard InChI is InChI=1S/C15H24N2/c1-11-4-7-14(12(2)8-11)15(9-16)17(3)10-13-5-6-13/h4,7-8,13,15H,5-6,9-10,16H2,1-3H3. The van der Waals surface area contributed by atoms with Gasteiger partial charge in [-0.25, -0.2) is 0 Å². The van der Waals surface area contributed by atoms with Crippen LogP contribution in [0.3, 0.4) is 0 Å². The number of nitrogens with two attached hydrogens (primary N) is 1. The smallest absolute Gasteiger partial charge is 0.0470 e. The van der Waals surface area contributed by atoms with Gasteiger partial charge in [-0.2, -0.15) is 0 Å². The van der Waals surface area contributed by atoms with Gasteiger partial charge in [0.2, 0.25) is 0 Å². The first-order valence-electron chi connectivity index (χ1n) is 6.59. The summed E-state index contributed by atoms with van der Waals surface area (Å²) in [6.07, 6.45) is 2.79. The lowest BCUT2D eigenvalue weighted by Gasteiger charge is -2.28. The van der Waals surface area contributed by atoms with Crippen molar-refractivity contribution in [3.05, 3.63) is 34.9 Å². The summed E-state index contributed by atoms with van der Waals surface area (Å²) in [5.41, 5.74) is 10.0. The van der Waals surface area contributed by atoms with Gasteiger partial charge in [0.25, 0.3) is 0 Å². The number of likely N-dealkylation sites (N-methyl/N-ethyl adjacent to an activating group) is 1. The molecular weight excluding hydrogens is 208 g/mol. The maximum atomic E-state index is 5.97. The first kappa shape index (κ1) is 12.6. The van der Waals surface area contributed by atoms with Gasteiger partial charge < -0.3 is 5.73 Å². The first-order valence-corrected chi connectivity index (χ1v) is 6.59. The zero-order valence-electron chi connectivity index (χ0n) is 11.2. The van der Waals surface area contributed by atoms with E-state index >= 15 is 0 Å². The predicted molar refractivity (Wildman–Crippen MR) is 73.1 cm³/mol. The molecular formula is C15H24N2. The minimum Gasteiger partial charge on any atom is -0.329 e. The Morgan fingerprint density at radius 1 is 1.35 bits per heavy atom. The van der Waals surface area contributed by atoms with Crippen molar-refractivity contribution in [2.45, 2.75) is 32.7 Å². The molecule has 0 aliphatic heterocycles. The van der Waals surface area contributed by atoms with E-state index in [4.69, 9.17) is 5.73 Å². The minimum atomic E-state index is 0.371. The van der Waals surface area contributed by atoms with E-state index in [9.17, 15) is 0 Å². The Morgan fingerprint density at radius 2 is 2.06 bits per heavy atom. The summed E-state index contributed by atoms with van der Waals surface area (Å²) in [6, 6.07) is 7.06. The Morgan fingerprint density at radius 3 is 2.59 bits per heavy atom. The molecule has 0 saturated heterocycles. The Bertz CT molecular complexity index is 383. The maximum Gasteiger partial charge on any atom is 0.0470 e. The summed E-state index contributed by atoms with van der Waals surface area (Å²) < 4.78 is 0. The molecule has 2 heteroatoms. The number of hydrogen-bond donors (Lipinski definition) is 1. The summed E-state index contributed by atoms with van der Waals surface area (Å²) in [7, 11) is 2.20. The molecule has 0 radical (unpaired) electrons. The Hall–Kier alpha value is -0.860. The lowest BCUT2D eigenvalue weighted by atomic mass is 9.98. The van der Waals surface area contributed by atoms with Crippen LogP contribution in [-0.4, -0.2) is 25.0 Å². The van der Waals surface area contributed by atoms with Crippen LogP contribution in [0.5, 0.6) is 0 Å². The van der Waals surface area contributed by atoms with Gasteiger partial charge >= 0.3 is 0 Å². The Balaban J connectivity index is 2.14. The van der Waals surface area contributed by atoms with Gasteiger partial charge in [-0.3, -0.25) is 4.90 Å². The molecule has 0 amide bonds. The normalized spacial score (nSPS) is 17.5. The third kappa shape index (κ3) is 3.08. The fourth-order valence-corrected chi connectivity index (χ4v) is 2.58. The largest absolute Gasteiger partial charge is 0.329 e. The molecule has 0 aromatic heterocycles. The van der Waals surface area contributed by atoms with Crippen molar-refractivity contribution in [1.82, 2.24) is 4.90 Å². The van der Waals surface area contributed by atoms with Crippen molar-refractivity contribution in [2.24, 2.45) is 11.7 Å². The van der Waals surface area contributed by atoms with Gasteiger partial charge in [0.1, 0.15) is 0 Å². The average Bonchev–Trinajstić information content (AvgIpc) is 3.06. The molecule has 1 aliphatic carbocycles. The monoisotopic (exact) mass is 232 g/mol. The van der Waals surface area contributed by atoms with E-state index in [1.165, 1.54) is 36.1 Å². The van der Waals surface area contributed by atoms with Gasteiger partial charge in [0.05, 0.1) is 0 Å². The van der Waals surface area contributed by atoms with Crippen LogP contribution in [0, 0.1) is 19.8 Å². The van der Waals surface area contributed by atoms with E-state index in [-0.39, 0.29) is 0 Å². The predicted octanol–water partition coefficient (Wildman–Crippen LogP) is 2.65. The second kappa shape index (κ2) is 5.19. The average molecular weight is 232 g/mol. The molecule has 0 heterocycles. The van der Waals surface area contributed by atoms with Crippen molar-refractivity contribution in [3.63, 3.8) is 0 Å². The van der Waals surface area contributed by atoms with Crippen LogP contribution in [0.2, 0.25) is 0 Å². The van der Waals surface area contributed by atoms with E-state index in [1.54, 1.807) is 0 Å². The van der Waals surface area contributed by atoms with Gasteiger partial charge in [-0.15, -0.1) is 0 Å². The van der Waals surface area contributed by atoms with Gasteiger partial charge in [0.15, 0.2) is 0 Å². The second-order valence-electron chi connectivity index (χ2n) is 5.49. The topological polar surface area (TPSA) is 29.3 Å². The molecule has 2 N–H and O–H groups in total. The van der Waals surface area contributed by atoms with E-state index in [2.05, 4.69) is 44.0 Å². The molecule has 1 saturated carbocycles. The summed E-state index contributed by atoms with van der Waals surface area (Å²) in [4.78, 5) is 2.43. The van der Waals surface area contributed by atoms with E-state index < -0.39 is 0 Å². The van der Waals surface area contributed by atoms with Gasteiger partial charge in [-0.1, -0.05) is 23.8 Å². The molecule has 1 fully saturated rings. The number of rotatable bonds is 5. The summed E-state index contributed by atoms with van der Waals surface area (Å²) in [5.74, 6) is 0.916. The van der Waals surface area contributed by atoms with Crippen molar-refractivity contribution in [1.29, 1.82) is 0 Å². The lowest BCUT2D eigenvalue weighted by molar-refractivity contribution is 0.239. The highest BCUT2D eigenvalue weighted by Crippen LogP contribution is 2.32. The first-order chi connectivity index (χ1) is 8.11. The molecule has 2 nitrogen and oxygen atoms in total. The maximum absolute atomic E-state index is 5.97. The highest BCUT2D eigenvalue weighted by molar-refractivity contribution is 5.33. The quantitative estimate of drug-likeness (QED) is 0.845.